The van der Waals surface area contributed by atoms with Crippen molar-refractivity contribution in [1.29, 1.82) is 0 Å². The number of nitrogens with two attached hydrogens (primary N) is 1. The predicted molar refractivity (Wildman–Crippen MR) is 73.3 cm³/mol. The highest BCUT2D eigenvalue weighted by Gasteiger charge is 2.23. The lowest BCUT2D eigenvalue weighted by molar-refractivity contribution is -0.118. The Morgan fingerprint density at radius 1 is 1.20 bits per heavy atom. The second-order valence-electron chi connectivity index (χ2n) is 4.90. The Bertz CT molecular complexity index is 526. The number of aromatic carboxylic acids is 1. The van der Waals surface area contributed by atoms with Crippen LogP contribution in [0.4, 0.5) is 0 Å². The molecule has 0 atom stereocenters. The Hall–Kier alpha value is -2.37. The summed E-state index contributed by atoms with van der Waals surface area (Å²) in [6, 6.07) is 5.91. The third-order valence-electron chi connectivity index (χ3n) is 2.61. The average Bonchev–Trinajstić information content (AvgIpc) is 2.36. The van der Waals surface area contributed by atoms with Gasteiger partial charge in [0.2, 0.25) is 5.91 Å². The minimum absolute atomic E-state index is 0.0573. The number of hydrogen-bond donors (Lipinski definition) is 2. The molecule has 20 heavy (non-hydrogen) atoms. The van der Waals surface area contributed by atoms with Crippen LogP contribution in [0, 0.1) is 5.92 Å². The van der Waals surface area contributed by atoms with Crippen LogP contribution in [0.1, 0.15) is 34.6 Å². The van der Waals surface area contributed by atoms with Crippen LogP contribution in [0.2, 0.25) is 0 Å². The van der Waals surface area contributed by atoms with E-state index in [1.165, 1.54) is 17.0 Å². The molecule has 0 aromatic heterocycles. The largest absolute Gasteiger partial charge is 0.478 e. The molecule has 108 valence electrons. The summed E-state index contributed by atoms with van der Waals surface area (Å²) >= 11 is 0. The van der Waals surface area contributed by atoms with Crippen molar-refractivity contribution in [3.63, 3.8) is 0 Å². The molecule has 0 fully saturated rings. The first kappa shape index (κ1) is 15.7. The number of nitrogens with zero attached hydrogens (tertiary/aromatic N) is 1. The number of rotatable bonds is 6. The van der Waals surface area contributed by atoms with Crippen LogP contribution in [0.25, 0.3) is 0 Å². The van der Waals surface area contributed by atoms with Gasteiger partial charge in [-0.15, -0.1) is 0 Å². The quantitative estimate of drug-likeness (QED) is 0.809. The van der Waals surface area contributed by atoms with Gasteiger partial charge in [-0.2, -0.15) is 0 Å². The monoisotopic (exact) mass is 278 g/mol. The van der Waals surface area contributed by atoms with Crippen molar-refractivity contribution in [2.45, 2.75) is 13.8 Å². The van der Waals surface area contributed by atoms with Crippen LogP contribution < -0.4 is 5.73 Å². The predicted octanol–water partition coefficient (Wildman–Crippen LogP) is 0.968. The standard InChI is InChI=1S/C14H18N2O4/c1-9(2)7-16(8-12(15)17)13(18)10-5-3-4-6-11(10)14(19)20/h3-6,9H,7-8H2,1-2H3,(H2,15,17)(H,19,20). The van der Waals surface area contributed by atoms with Gasteiger partial charge in [0, 0.05) is 6.54 Å². The number of carboxylic acids is 1. The molecule has 0 aliphatic heterocycles. The summed E-state index contributed by atoms with van der Waals surface area (Å²) in [6.45, 7) is 3.88. The fourth-order valence-corrected chi connectivity index (χ4v) is 1.87. The van der Waals surface area contributed by atoms with Gasteiger partial charge in [0.15, 0.2) is 0 Å². The Labute approximate surface area is 117 Å². The van der Waals surface area contributed by atoms with Crippen LogP contribution in [0.3, 0.4) is 0 Å². The summed E-state index contributed by atoms with van der Waals surface area (Å²) in [4.78, 5) is 35.9. The molecule has 0 aliphatic rings. The van der Waals surface area contributed by atoms with E-state index in [4.69, 9.17) is 10.8 Å². The lowest BCUT2D eigenvalue weighted by atomic mass is 10.1. The Kier molecular flexibility index (Phi) is 5.25. The van der Waals surface area contributed by atoms with Gasteiger partial charge in [0.25, 0.3) is 5.91 Å². The van der Waals surface area contributed by atoms with Crippen molar-refractivity contribution in [3.8, 4) is 0 Å². The molecular weight excluding hydrogens is 260 g/mol. The van der Waals surface area contributed by atoms with E-state index in [0.29, 0.717) is 6.54 Å². The van der Waals surface area contributed by atoms with Gasteiger partial charge in [0.1, 0.15) is 0 Å². The van der Waals surface area contributed by atoms with Crippen LogP contribution in [0.5, 0.6) is 0 Å². The number of hydrogen-bond acceptors (Lipinski definition) is 3. The number of benzene rings is 1. The van der Waals surface area contributed by atoms with Gasteiger partial charge in [-0.1, -0.05) is 26.0 Å². The van der Waals surface area contributed by atoms with E-state index < -0.39 is 17.8 Å². The number of carboxylic acid groups (broad SMARTS) is 1. The van der Waals surface area contributed by atoms with Crippen molar-refractivity contribution in [2.24, 2.45) is 11.7 Å². The Balaban J connectivity index is 3.11. The second-order valence-corrected chi connectivity index (χ2v) is 4.90. The first-order chi connectivity index (χ1) is 9.32. The molecule has 6 heteroatoms. The first-order valence-corrected chi connectivity index (χ1v) is 6.22. The van der Waals surface area contributed by atoms with Gasteiger partial charge in [0.05, 0.1) is 17.7 Å². The van der Waals surface area contributed by atoms with Crippen molar-refractivity contribution in [2.75, 3.05) is 13.1 Å². The summed E-state index contributed by atoms with van der Waals surface area (Å²) in [7, 11) is 0. The average molecular weight is 278 g/mol. The van der Waals surface area contributed by atoms with Crippen molar-refractivity contribution >= 4 is 17.8 Å². The molecule has 0 saturated carbocycles. The maximum Gasteiger partial charge on any atom is 0.336 e. The molecule has 1 rings (SSSR count). The summed E-state index contributed by atoms with van der Waals surface area (Å²) in [5.41, 5.74) is 5.10. The lowest BCUT2D eigenvalue weighted by Crippen LogP contribution is -2.41. The van der Waals surface area contributed by atoms with Crippen molar-refractivity contribution in [1.82, 2.24) is 4.90 Å². The number of amides is 2. The molecule has 3 N–H and O–H groups in total. The summed E-state index contributed by atoms with van der Waals surface area (Å²) in [5, 5.41) is 9.10. The molecule has 0 spiro atoms. The molecule has 0 radical (unpaired) electrons. The van der Waals surface area contributed by atoms with E-state index >= 15 is 0 Å². The van der Waals surface area contributed by atoms with Gasteiger partial charge < -0.3 is 15.7 Å². The molecule has 1 aromatic carbocycles. The normalized spacial score (nSPS) is 10.3. The van der Waals surface area contributed by atoms with Gasteiger partial charge in [-0.05, 0) is 18.1 Å². The summed E-state index contributed by atoms with van der Waals surface area (Å²) in [5.74, 6) is -2.19. The molecule has 6 nitrogen and oxygen atoms in total. The molecule has 0 bridgehead atoms. The molecule has 0 heterocycles. The Morgan fingerprint density at radius 3 is 2.20 bits per heavy atom. The van der Waals surface area contributed by atoms with Crippen LogP contribution in [-0.2, 0) is 4.79 Å². The van der Waals surface area contributed by atoms with E-state index in [-0.39, 0.29) is 23.6 Å². The molecular formula is C14H18N2O4. The highest BCUT2D eigenvalue weighted by atomic mass is 16.4. The van der Waals surface area contributed by atoms with Gasteiger partial charge >= 0.3 is 5.97 Å². The maximum absolute atomic E-state index is 12.4. The molecule has 0 unspecified atom stereocenters. The maximum atomic E-state index is 12.4. The lowest BCUT2D eigenvalue weighted by Gasteiger charge is -2.23. The number of primary amides is 1. The van der Waals surface area contributed by atoms with Gasteiger partial charge in [-0.25, -0.2) is 4.79 Å². The third-order valence-corrected chi connectivity index (χ3v) is 2.61. The van der Waals surface area contributed by atoms with E-state index in [9.17, 15) is 14.4 Å². The third kappa shape index (κ3) is 4.08. The SMILES string of the molecule is CC(C)CN(CC(N)=O)C(=O)c1ccccc1C(=O)O. The molecule has 2 amide bonds. The van der Waals surface area contributed by atoms with E-state index in [2.05, 4.69) is 0 Å². The fraction of sp³-hybridized carbons (Fsp3) is 0.357. The molecule has 1 aromatic rings. The van der Waals surface area contributed by atoms with Crippen molar-refractivity contribution in [3.05, 3.63) is 35.4 Å². The van der Waals surface area contributed by atoms with Gasteiger partial charge in [-0.3, -0.25) is 9.59 Å². The first-order valence-electron chi connectivity index (χ1n) is 6.22. The highest BCUT2D eigenvalue weighted by molar-refractivity contribution is 6.05. The van der Waals surface area contributed by atoms with Crippen molar-refractivity contribution < 1.29 is 19.5 Å². The molecule has 0 aliphatic carbocycles. The Morgan fingerprint density at radius 2 is 1.75 bits per heavy atom. The number of carbonyl (C=O) groups is 3. The zero-order chi connectivity index (χ0) is 15.3. The second kappa shape index (κ2) is 6.70. The van der Waals surface area contributed by atoms with E-state index in [1.54, 1.807) is 12.1 Å². The zero-order valence-corrected chi connectivity index (χ0v) is 11.5. The minimum Gasteiger partial charge on any atom is -0.478 e. The van der Waals surface area contributed by atoms with E-state index in [0.717, 1.165) is 0 Å². The topological polar surface area (TPSA) is 101 Å². The van der Waals surface area contributed by atoms with E-state index in [1.807, 2.05) is 13.8 Å². The molecule has 0 saturated heterocycles. The summed E-state index contributed by atoms with van der Waals surface area (Å²) in [6.07, 6.45) is 0. The number of carbonyl (C=O) groups excluding carboxylic acids is 2. The van der Waals surface area contributed by atoms with Crippen LogP contribution in [-0.4, -0.2) is 40.9 Å². The van der Waals surface area contributed by atoms with Crippen LogP contribution >= 0.6 is 0 Å². The van der Waals surface area contributed by atoms with Crippen LogP contribution in [0.15, 0.2) is 24.3 Å². The minimum atomic E-state index is -1.18. The zero-order valence-electron chi connectivity index (χ0n) is 11.5. The smallest absolute Gasteiger partial charge is 0.336 e. The fourth-order valence-electron chi connectivity index (χ4n) is 1.87. The summed E-state index contributed by atoms with van der Waals surface area (Å²) < 4.78 is 0. The highest BCUT2D eigenvalue weighted by Crippen LogP contribution is 2.13.